The van der Waals surface area contributed by atoms with Crippen LogP contribution < -0.4 is 0 Å². The molecule has 0 heterocycles. The van der Waals surface area contributed by atoms with E-state index in [9.17, 15) is 14.0 Å². The molecule has 16 nitrogen and oxygen atoms in total. The second-order valence-electron chi connectivity index (χ2n) is 9.86. The van der Waals surface area contributed by atoms with Gasteiger partial charge in [-0.1, -0.05) is 0 Å². The zero-order valence-corrected chi connectivity index (χ0v) is 29.2. The Labute approximate surface area is 290 Å². The number of carboxylic acid groups (broad SMARTS) is 1. The molecule has 0 rings (SSSR count). The molecular weight excluding hydrogens is 659 g/mol. The zero-order chi connectivity index (χ0) is 35.6. The van der Waals surface area contributed by atoms with Crippen molar-refractivity contribution in [3.63, 3.8) is 0 Å². The van der Waals surface area contributed by atoms with Crippen molar-refractivity contribution in [2.75, 3.05) is 172 Å². The van der Waals surface area contributed by atoms with Crippen LogP contribution in [0.15, 0.2) is 0 Å². The van der Waals surface area contributed by atoms with E-state index >= 15 is 0 Å². The molecule has 0 aromatic heterocycles. The van der Waals surface area contributed by atoms with E-state index < -0.39 is 12.6 Å². The summed E-state index contributed by atoms with van der Waals surface area (Å²) >= 11 is 0. The Bertz CT molecular complexity index is 679. The van der Waals surface area contributed by atoms with Crippen molar-refractivity contribution in [1.82, 2.24) is 0 Å². The monoisotopic (exact) mass is 720 g/mol. The lowest BCUT2D eigenvalue weighted by atomic mass is 10.2. The summed E-state index contributed by atoms with van der Waals surface area (Å²) in [7, 11) is 0. The maximum atomic E-state index is 11.8. The Morgan fingerprint density at radius 2 is 0.571 bits per heavy atom. The molecule has 49 heavy (non-hydrogen) atoms. The normalized spacial score (nSPS) is 11.4. The Hall–Kier alpha value is -1.61. The van der Waals surface area contributed by atoms with Crippen LogP contribution in [0.3, 0.4) is 0 Å². The van der Waals surface area contributed by atoms with E-state index in [0.29, 0.717) is 158 Å². The number of aliphatic carboxylic acids is 1. The first kappa shape index (κ1) is 47.4. The van der Waals surface area contributed by atoms with Crippen molar-refractivity contribution in [2.24, 2.45) is 0 Å². The largest absolute Gasteiger partial charge is 0.481 e. The predicted molar refractivity (Wildman–Crippen MR) is 173 cm³/mol. The molecule has 0 unspecified atom stereocenters. The molecule has 0 saturated carbocycles. The number of hydrogen-bond donors (Lipinski definition) is 1. The van der Waals surface area contributed by atoms with Crippen molar-refractivity contribution in [2.45, 2.75) is 25.7 Å². The van der Waals surface area contributed by atoms with Gasteiger partial charge < -0.3 is 66.7 Å². The van der Waals surface area contributed by atoms with Gasteiger partial charge in [-0.3, -0.25) is 9.59 Å². The summed E-state index contributed by atoms with van der Waals surface area (Å²) in [5, 5.41) is 8.55. The SMILES string of the molecule is O=C(O)CCCCC(=O)OCCOCCOCCOCCOCCOCCOCCOCCOCCOCCOCCOCCOCCF. The van der Waals surface area contributed by atoms with Gasteiger partial charge in [0, 0.05) is 12.8 Å². The molecule has 0 bridgehead atoms. The number of carboxylic acids is 1. The Balaban J connectivity index is 3.09. The summed E-state index contributed by atoms with van der Waals surface area (Å²) in [6.07, 6.45) is 1.22. The van der Waals surface area contributed by atoms with Crippen LogP contribution >= 0.6 is 0 Å². The molecule has 0 amide bonds. The van der Waals surface area contributed by atoms with Gasteiger partial charge in [-0.15, -0.1) is 0 Å². The lowest BCUT2D eigenvalue weighted by molar-refractivity contribution is -0.146. The van der Waals surface area contributed by atoms with Crippen LogP contribution in [0.1, 0.15) is 25.7 Å². The van der Waals surface area contributed by atoms with E-state index in [0.717, 1.165) is 0 Å². The highest BCUT2D eigenvalue weighted by Crippen LogP contribution is 2.01. The fourth-order valence-corrected chi connectivity index (χ4v) is 3.41. The molecule has 0 spiro atoms. The minimum absolute atomic E-state index is 0.0566. The number of alkyl halides is 1. The van der Waals surface area contributed by atoms with Crippen LogP contribution in [0.4, 0.5) is 4.39 Å². The van der Waals surface area contributed by atoms with Crippen molar-refractivity contribution in [3.05, 3.63) is 0 Å². The average molecular weight is 721 g/mol. The number of hydrogen-bond acceptors (Lipinski definition) is 15. The van der Waals surface area contributed by atoms with Crippen molar-refractivity contribution in [3.8, 4) is 0 Å². The highest BCUT2D eigenvalue weighted by molar-refractivity contribution is 5.69. The van der Waals surface area contributed by atoms with E-state index in [4.69, 9.17) is 66.7 Å². The summed E-state index contributed by atoms with van der Waals surface area (Å²) in [6, 6.07) is 0. The molecule has 0 saturated heterocycles. The lowest BCUT2D eigenvalue weighted by Gasteiger charge is -2.09. The first-order valence-electron chi connectivity index (χ1n) is 17.0. The molecule has 292 valence electrons. The number of unbranched alkanes of at least 4 members (excludes halogenated alkanes) is 1. The van der Waals surface area contributed by atoms with Crippen LogP contribution in [-0.2, 0) is 71.2 Å². The number of rotatable bonds is 43. The molecule has 0 aromatic carbocycles. The van der Waals surface area contributed by atoms with Gasteiger partial charge in [0.15, 0.2) is 0 Å². The number of carbonyl (C=O) groups excluding carboxylic acids is 1. The highest BCUT2D eigenvalue weighted by atomic mass is 19.1. The maximum Gasteiger partial charge on any atom is 0.305 e. The molecule has 0 fully saturated rings. The summed E-state index contributed by atoms with van der Waals surface area (Å²) in [4.78, 5) is 21.9. The predicted octanol–water partition coefficient (Wildman–Crippen LogP) is 1.34. The first-order chi connectivity index (χ1) is 24.2. The fourth-order valence-electron chi connectivity index (χ4n) is 3.41. The third kappa shape index (κ3) is 44.4. The van der Waals surface area contributed by atoms with Gasteiger partial charge in [-0.05, 0) is 12.8 Å². The summed E-state index contributed by atoms with van der Waals surface area (Å²) < 4.78 is 81.3. The van der Waals surface area contributed by atoms with E-state index in [2.05, 4.69) is 0 Å². The molecule has 0 radical (unpaired) electrons. The third-order valence-corrected chi connectivity index (χ3v) is 5.83. The molecule has 17 heteroatoms. The number of halogens is 1. The Kier molecular flexibility index (Phi) is 41.2. The minimum Gasteiger partial charge on any atom is -0.481 e. The van der Waals surface area contributed by atoms with Crippen LogP contribution in [-0.4, -0.2) is 189 Å². The first-order valence-corrected chi connectivity index (χ1v) is 17.0. The van der Waals surface area contributed by atoms with Gasteiger partial charge in [0.1, 0.15) is 13.3 Å². The molecule has 0 aliphatic rings. The van der Waals surface area contributed by atoms with Gasteiger partial charge in [-0.2, -0.15) is 0 Å². The summed E-state index contributed by atoms with van der Waals surface area (Å²) in [6.45, 7) is 10.1. The minimum atomic E-state index is -0.866. The van der Waals surface area contributed by atoms with Gasteiger partial charge in [0.05, 0.1) is 159 Å². The van der Waals surface area contributed by atoms with Gasteiger partial charge in [0.2, 0.25) is 0 Å². The van der Waals surface area contributed by atoms with Crippen molar-refractivity contribution in [1.29, 1.82) is 0 Å². The van der Waals surface area contributed by atoms with Crippen molar-refractivity contribution >= 4 is 11.9 Å². The average Bonchev–Trinajstić information content (AvgIpc) is 3.09. The fraction of sp³-hybridized carbons (Fsp3) is 0.938. The van der Waals surface area contributed by atoms with Crippen LogP contribution in [0.2, 0.25) is 0 Å². The smallest absolute Gasteiger partial charge is 0.305 e. The molecule has 0 aromatic rings. The van der Waals surface area contributed by atoms with Crippen LogP contribution in [0.25, 0.3) is 0 Å². The number of carbonyl (C=O) groups is 2. The lowest BCUT2D eigenvalue weighted by Crippen LogP contribution is -2.15. The molecule has 0 aliphatic carbocycles. The molecule has 1 N–H and O–H groups in total. The van der Waals surface area contributed by atoms with E-state index in [1.165, 1.54) is 0 Å². The number of ether oxygens (including phenoxy) is 13. The maximum absolute atomic E-state index is 11.8. The number of esters is 1. The second-order valence-corrected chi connectivity index (χ2v) is 9.86. The Morgan fingerprint density at radius 1 is 0.347 bits per heavy atom. The zero-order valence-electron chi connectivity index (χ0n) is 29.2. The molecule has 0 atom stereocenters. The van der Waals surface area contributed by atoms with Crippen LogP contribution in [0.5, 0.6) is 0 Å². The Morgan fingerprint density at radius 3 is 0.816 bits per heavy atom. The summed E-state index contributed by atoms with van der Waals surface area (Å²) in [5.74, 6) is -1.22. The van der Waals surface area contributed by atoms with Gasteiger partial charge >= 0.3 is 11.9 Å². The van der Waals surface area contributed by atoms with E-state index in [1.54, 1.807) is 0 Å². The van der Waals surface area contributed by atoms with Gasteiger partial charge in [-0.25, -0.2) is 4.39 Å². The van der Waals surface area contributed by atoms with Crippen LogP contribution in [0, 0.1) is 0 Å². The van der Waals surface area contributed by atoms with E-state index in [1.807, 2.05) is 0 Å². The van der Waals surface area contributed by atoms with Crippen molar-refractivity contribution < 1.29 is 80.7 Å². The third-order valence-electron chi connectivity index (χ3n) is 5.83. The standard InChI is InChI=1S/C32H61FO16/c33-5-6-37-7-8-38-9-10-39-11-12-40-13-14-41-15-16-42-17-18-43-19-20-44-21-22-45-23-24-46-25-26-47-27-28-48-29-30-49-32(36)4-2-1-3-31(34)35/h1-30H2,(H,34,35). The molecular formula is C32H61FO16. The highest BCUT2D eigenvalue weighted by Gasteiger charge is 2.04. The topological polar surface area (TPSA) is 174 Å². The quantitative estimate of drug-likeness (QED) is 0.0705. The summed E-state index contributed by atoms with van der Waals surface area (Å²) in [5.41, 5.74) is 0. The molecule has 0 aliphatic heterocycles. The van der Waals surface area contributed by atoms with Gasteiger partial charge in [0.25, 0.3) is 0 Å². The second kappa shape index (κ2) is 42.6. The van der Waals surface area contributed by atoms with E-state index in [-0.39, 0.29) is 38.6 Å².